The topological polar surface area (TPSA) is 17.4 Å². The Balaban J connectivity index is 1.08. The van der Waals surface area contributed by atoms with Crippen molar-refractivity contribution in [2.75, 3.05) is 4.90 Å². The first-order valence-corrected chi connectivity index (χ1v) is 23.7. The monoisotopic (exact) mass is 872 g/mol. The summed E-state index contributed by atoms with van der Waals surface area (Å²) in [4.78, 5) is 2.45. The predicted octanol–water partition coefficient (Wildman–Crippen LogP) is 17.4. The van der Waals surface area contributed by atoms with E-state index < -0.39 is 5.41 Å². The number of hydrogen-bond acceptors (Lipinski definition) is 3. The van der Waals surface area contributed by atoms with E-state index in [-0.39, 0.29) is 0 Å². The van der Waals surface area contributed by atoms with Crippen molar-refractivity contribution in [2.45, 2.75) is 5.41 Å². The Morgan fingerprint density at radius 3 is 1.82 bits per heavy atom. The first-order valence-electron chi connectivity index (χ1n) is 22.9. The molecule has 11 aromatic carbocycles. The van der Waals surface area contributed by atoms with Gasteiger partial charge in [0.05, 0.1) is 22.1 Å². The molecule has 0 N–H and O–H groups in total. The van der Waals surface area contributed by atoms with E-state index >= 15 is 0 Å². The van der Waals surface area contributed by atoms with E-state index in [4.69, 9.17) is 4.74 Å². The van der Waals surface area contributed by atoms with Crippen LogP contribution in [0.25, 0.3) is 69.2 Å². The van der Waals surface area contributed by atoms with E-state index in [1.807, 2.05) is 11.3 Å². The van der Waals surface area contributed by atoms with Crippen molar-refractivity contribution < 1.29 is 4.74 Å². The molecule has 1 aliphatic rings. The van der Waals surface area contributed by atoms with Crippen LogP contribution in [0.3, 0.4) is 0 Å². The molecule has 0 radical (unpaired) electrons. The van der Waals surface area contributed by atoms with E-state index in [0.717, 1.165) is 50.9 Å². The van der Waals surface area contributed by atoms with E-state index in [0.29, 0.717) is 0 Å². The minimum Gasteiger partial charge on any atom is -0.457 e. The first kappa shape index (κ1) is 37.9. The Morgan fingerprint density at radius 2 is 0.940 bits per heavy atom. The van der Waals surface area contributed by atoms with E-state index in [1.54, 1.807) is 0 Å². The molecular weight excluding hydrogens is 833 g/mol. The summed E-state index contributed by atoms with van der Waals surface area (Å²) in [6.07, 6.45) is 0. The van der Waals surface area contributed by atoms with Gasteiger partial charge in [-0.1, -0.05) is 170 Å². The number of fused-ring (bicyclic) bond motifs is 10. The largest absolute Gasteiger partial charge is 0.457 e. The van der Waals surface area contributed by atoms with E-state index in [9.17, 15) is 0 Å². The molecule has 0 saturated carbocycles. The minimum absolute atomic E-state index is 0.730. The molecule has 14 rings (SSSR count). The van der Waals surface area contributed by atoms with Gasteiger partial charge in [-0.2, -0.15) is 0 Å². The zero-order valence-electron chi connectivity index (χ0n) is 36.3. The van der Waals surface area contributed by atoms with Crippen molar-refractivity contribution in [1.82, 2.24) is 4.57 Å². The summed E-state index contributed by atoms with van der Waals surface area (Å²) in [7, 11) is 0. The molecule has 0 fully saturated rings. The maximum absolute atomic E-state index is 7.00. The molecule has 2 aromatic heterocycles. The van der Waals surface area contributed by atoms with E-state index in [1.165, 1.54) is 69.1 Å². The van der Waals surface area contributed by atoms with Crippen LogP contribution in [0, 0.1) is 0 Å². The van der Waals surface area contributed by atoms with Gasteiger partial charge in [-0.3, -0.25) is 0 Å². The summed E-state index contributed by atoms with van der Waals surface area (Å²) >= 11 is 1.85. The van der Waals surface area contributed by atoms with Crippen molar-refractivity contribution in [2.24, 2.45) is 0 Å². The Morgan fingerprint density at radius 1 is 0.358 bits per heavy atom. The summed E-state index contributed by atoms with van der Waals surface area (Å²) in [5.74, 6) is 1.70. The molecule has 0 bridgehead atoms. The lowest BCUT2D eigenvalue weighted by atomic mass is 9.62. The molecule has 0 saturated heterocycles. The molecule has 3 heterocycles. The summed E-state index contributed by atoms with van der Waals surface area (Å²) in [6.45, 7) is 0. The molecule has 13 aromatic rings. The molecular formula is C63H40N2OS. The van der Waals surface area contributed by atoms with Crippen LogP contribution in [0.5, 0.6) is 11.5 Å². The second kappa shape index (κ2) is 14.8. The molecule has 3 nitrogen and oxygen atoms in total. The number of aromatic nitrogens is 1. The summed E-state index contributed by atoms with van der Waals surface area (Å²) in [6, 6.07) is 88.9. The number of benzene rings is 11. The highest BCUT2D eigenvalue weighted by molar-refractivity contribution is 7.25. The van der Waals surface area contributed by atoms with Gasteiger partial charge in [0.25, 0.3) is 0 Å². The third-order valence-corrected chi connectivity index (χ3v) is 15.2. The summed E-state index contributed by atoms with van der Waals surface area (Å²) < 4.78 is 12.0. The highest BCUT2D eigenvalue weighted by Crippen LogP contribution is 2.58. The number of para-hydroxylation sites is 2. The fourth-order valence-corrected chi connectivity index (χ4v) is 12.3. The van der Waals surface area contributed by atoms with Crippen LogP contribution in [0.1, 0.15) is 22.3 Å². The number of ether oxygens (including phenoxy) is 1. The Hall–Kier alpha value is -8.44. The van der Waals surface area contributed by atoms with Crippen LogP contribution in [-0.2, 0) is 5.41 Å². The fraction of sp³-hybridized carbons (Fsp3) is 0.0159. The highest BCUT2D eigenvalue weighted by Gasteiger charge is 2.46. The highest BCUT2D eigenvalue weighted by atomic mass is 32.1. The van der Waals surface area contributed by atoms with Gasteiger partial charge in [0.15, 0.2) is 0 Å². The van der Waals surface area contributed by atoms with Crippen LogP contribution in [-0.4, -0.2) is 4.57 Å². The lowest BCUT2D eigenvalue weighted by molar-refractivity contribution is 0.435. The molecule has 67 heavy (non-hydrogen) atoms. The number of rotatable bonds is 6. The van der Waals surface area contributed by atoms with Gasteiger partial charge in [-0.25, -0.2) is 0 Å². The first-order chi connectivity index (χ1) is 33.2. The van der Waals surface area contributed by atoms with Crippen molar-refractivity contribution in [3.05, 3.63) is 265 Å². The molecule has 1 unspecified atom stereocenters. The van der Waals surface area contributed by atoms with Crippen LogP contribution in [0.2, 0.25) is 0 Å². The molecule has 0 aliphatic carbocycles. The predicted molar refractivity (Wildman–Crippen MR) is 282 cm³/mol. The lowest BCUT2D eigenvalue weighted by Crippen LogP contribution is -2.34. The summed E-state index contributed by atoms with van der Waals surface area (Å²) in [5.41, 5.74) is 10.5. The normalized spacial score (nSPS) is 14.4. The standard InChI is InChI=1S/C63H40N2OS/c1-2-20-43(21-3-1)63(53-27-14-18-41-16-4-6-22-47(41)53)54-26-10-12-30-59(54)66-60-36-33-45(39-55(60)63)64(44-34-37-62-52(38-44)51-25-9-13-31-61(51)67-62)46-32-35-50-49-24-8-11-28-57(49)65(58(50)40-46)56-29-15-19-42-17-5-7-23-48(42)56/h1-40H. The van der Waals surface area contributed by atoms with Crippen LogP contribution in [0.15, 0.2) is 243 Å². The minimum atomic E-state index is -0.730. The average Bonchev–Trinajstić information content (AvgIpc) is 3.93. The van der Waals surface area contributed by atoms with Gasteiger partial charge in [0.1, 0.15) is 11.5 Å². The van der Waals surface area contributed by atoms with Gasteiger partial charge in [0, 0.05) is 64.5 Å². The Labute approximate surface area is 391 Å². The van der Waals surface area contributed by atoms with Gasteiger partial charge in [0.2, 0.25) is 0 Å². The van der Waals surface area contributed by atoms with Crippen LogP contribution < -0.4 is 9.64 Å². The number of thiophene rings is 1. The molecule has 1 aliphatic heterocycles. The SMILES string of the molecule is c1ccc(C2(c3cccc4ccccc34)c3ccccc3Oc3ccc(N(c4ccc5sc6ccccc6c5c4)c4ccc5c6ccccc6n(-c6cccc7ccccc67)c5c4)cc32)cc1. The summed E-state index contributed by atoms with van der Waals surface area (Å²) in [5, 5.41) is 9.79. The second-order valence-electron chi connectivity index (χ2n) is 17.6. The fourth-order valence-electron chi connectivity index (χ4n) is 11.2. The maximum Gasteiger partial charge on any atom is 0.132 e. The number of hydrogen-bond donors (Lipinski definition) is 0. The van der Waals surface area contributed by atoms with Crippen molar-refractivity contribution >= 4 is 91.9 Å². The van der Waals surface area contributed by atoms with Gasteiger partial charge < -0.3 is 14.2 Å². The molecule has 0 amide bonds. The van der Waals surface area contributed by atoms with Crippen molar-refractivity contribution in [3.63, 3.8) is 0 Å². The van der Waals surface area contributed by atoms with Crippen LogP contribution in [0.4, 0.5) is 17.1 Å². The quantitative estimate of drug-likeness (QED) is 0.166. The Kier molecular flexibility index (Phi) is 8.37. The van der Waals surface area contributed by atoms with Gasteiger partial charge in [-0.15, -0.1) is 11.3 Å². The van der Waals surface area contributed by atoms with E-state index in [2.05, 4.69) is 252 Å². The van der Waals surface area contributed by atoms with Crippen molar-refractivity contribution in [1.29, 1.82) is 0 Å². The molecule has 1 atom stereocenters. The Bertz CT molecular complexity index is 4100. The smallest absolute Gasteiger partial charge is 0.132 e. The second-order valence-corrected chi connectivity index (χ2v) is 18.7. The lowest BCUT2D eigenvalue weighted by Gasteiger charge is -2.42. The molecule has 4 heteroatoms. The zero-order chi connectivity index (χ0) is 44.1. The number of nitrogens with zero attached hydrogens (tertiary/aromatic N) is 2. The maximum atomic E-state index is 7.00. The third-order valence-electron chi connectivity index (χ3n) is 14.1. The zero-order valence-corrected chi connectivity index (χ0v) is 37.1. The average molecular weight is 873 g/mol. The van der Waals surface area contributed by atoms with Crippen LogP contribution >= 0.6 is 11.3 Å². The van der Waals surface area contributed by atoms with Gasteiger partial charge >= 0.3 is 0 Å². The van der Waals surface area contributed by atoms with Crippen molar-refractivity contribution in [3.8, 4) is 17.2 Å². The third kappa shape index (κ3) is 5.64. The number of anilines is 3. The molecule has 0 spiro atoms. The molecule has 314 valence electrons. The van der Waals surface area contributed by atoms with Gasteiger partial charge in [-0.05, 0) is 100 Å².